The minimum Gasteiger partial charge on any atom is -0.356 e. The van der Waals surface area contributed by atoms with E-state index in [1.807, 2.05) is 12.1 Å². The van der Waals surface area contributed by atoms with Gasteiger partial charge in [-0.3, -0.25) is 19.4 Å². The molecular weight excluding hydrogens is 445 g/mol. The number of benzene rings is 3. The molecule has 0 atom stereocenters. The average molecular weight is 470 g/mol. The normalized spacial score (nSPS) is 16.9. The summed E-state index contributed by atoms with van der Waals surface area (Å²) >= 11 is 0. The van der Waals surface area contributed by atoms with E-state index < -0.39 is 0 Å². The molecule has 0 saturated carbocycles. The Morgan fingerprint density at radius 1 is 0.857 bits per heavy atom. The Morgan fingerprint density at radius 3 is 2.14 bits per heavy atom. The largest absolute Gasteiger partial charge is 0.356 e. The molecule has 3 heterocycles. The summed E-state index contributed by atoms with van der Waals surface area (Å²) in [6.45, 7) is 2.99. The van der Waals surface area contributed by atoms with Gasteiger partial charge in [0.2, 0.25) is 0 Å². The van der Waals surface area contributed by atoms with Crippen LogP contribution in [0.15, 0.2) is 71.3 Å². The summed E-state index contributed by atoms with van der Waals surface area (Å²) < 4.78 is 18.8. The number of carbonyl (C=O) groups is 2. The fourth-order valence-corrected chi connectivity index (χ4v) is 5.16. The molecule has 2 amide bonds. The van der Waals surface area contributed by atoms with Crippen LogP contribution in [0.5, 0.6) is 0 Å². The predicted octanol–water partition coefficient (Wildman–Crippen LogP) is 5.14. The molecule has 2 aliphatic heterocycles. The van der Waals surface area contributed by atoms with E-state index >= 15 is 0 Å². The molecule has 1 aromatic heterocycles. The van der Waals surface area contributed by atoms with Gasteiger partial charge in [0.05, 0.1) is 23.4 Å². The molecule has 6 rings (SSSR count). The van der Waals surface area contributed by atoms with Gasteiger partial charge in [-0.15, -0.1) is 0 Å². The highest BCUT2D eigenvalue weighted by molar-refractivity contribution is 6.21. The van der Waals surface area contributed by atoms with Crippen molar-refractivity contribution < 1.29 is 18.5 Å². The molecule has 0 aliphatic carbocycles. The number of nitrogens with zero attached hydrogens (tertiary/aromatic N) is 3. The van der Waals surface area contributed by atoms with Gasteiger partial charge in [0.1, 0.15) is 5.82 Å². The maximum absolute atomic E-state index is 13.4. The van der Waals surface area contributed by atoms with Gasteiger partial charge < -0.3 is 4.52 Å². The average Bonchev–Trinajstić information content (AvgIpc) is 3.40. The molecule has 1 fully saturated rings. The van der Waals surface area contributed by atoms with Crippen molar-refractivity contribution in [2.45, 2.75) is 31.8 Å². The molecule has 0 radical (unpaired) electrons. The molecule has 1 saturated heterocycles. The first-order valence-corrected chi connectivity index (χ1v) is 11.9. The Hall–Kier alpha value is -3.84. The number of aromatic nitrogens is 1. The second kappa shape index (κ2) is 8.74. The van der Waals surface area contributed by atoms with Gasteiger partial charge in [0.15, 0.2) is 5.58 Å². The van der Waals surface area contributed by atoms with Gasteiger partial charge >= 0.3 is 0 Å². The monoisotopic (exact) mass is 469 g/mol. The van der Waals surface area contributed by atoms with E-state index in [1.54, 1.807) is 30.3 Å². The van der Waals surface area contributed by atoms with Crippen LogP contribution < -0.4 is 0 Å². The Balaban J connectivity index is 1.06. The van der Waals surface area contributed by atoms with Crippen molar-refractivity contribution in [3.05, 3.63) is 100 Å². The van der Waals surface area contributed by atoms with Gasteiger partial charge in [-0.1, -0.05) is 41.6 Å². The molecule has 6 nitrogen and oxygen atoms in total. The molecule has 4 aromatic rings. The maximum Gasteiger partial charge on any atom is 0.261 e. The predicted molar refractivity (Wildman–Crippen MR) is 128 cm³/mol. The molecule has 0 spiro atoms. The molecular formula is C28H24FN3O3. The van der Waals surface area contributed by atoms with Crippen LogP contribution in [-0.4, -0.2) is 39.9 Å². The second-order valence-corrected chi connectivity index (χ2v) is 9.32. The molecule has 0 N–H and O–H groups in total. The van der Waals surface area contributed by atoms with Crippen molar-refractivity contribution in [2.75, 3.05) is 13.1 Å². The van der Waals surface area contributed by atoms with Gasteiger partial charge in [-0.2, -0.15) is 0 Å². The number of imide groups is 1. The van der Waals surface area contributed by atoms with E-state index in [0.717, 1.165) is 49.1 Å². The quantitative estimate of drug-likeness (QED) is 0.379. The third kappa shape index (κ3) is 4.02. The molecule has 35 heavy (non-hydrogen) atoms. The number of carbonyl (C=O) groups excluding carboxylic acids is 2. The Bertz CT molecular complexity index is 1390. The minimum absolute atomic E-state index is 0.234. The number of halogens is 1. The topological polar surface area (TPSA) is 66.7 Å². The summed E-state index contributed by atoms with van der Waals surface area (Å²) in [5.74, 6) is -0.477. The van der Waals surface area contributed by atoms with E-state index in [4.69, 9.17) is 4.52 Å². The third-order valence-electron chi connectivity index (χ3n) is 7.08. The van der Waals surface area contributed by atoms with Crippen molar-refractivity contribution in [1.82, 2.24) is 15.0 Å². The zero-order valence-electron chi connectivity index (χ0n) is 19.1. The zero-order valence-corrected chi connectivity index (χ0v) is 19.1. The summed E-state index contributed by atoms with van der Waals surface area (Å²) in [5.41, 5.74) is 4.50. The van der Waals surface area contributed by atoms with Crippen molar-refractivity contribution in [3.63, 3.8) is 0 Å². The Labute approximate surface area is 201 Å². The first-order valence-electron chi connectivity index (χ1n) is 11.9. The van der Waals surface area contributed by atoms with E-state index in [1.165, 1.54) is 22.6 Å². The molecule has 0 unspecified atom stereocenters. The number of amides is 2. The zero-order chi connectivity index (χ0) is 23.9. The summed E-state index contributed by atoms with van der Waals surface area (Å²) in [7, 11) is 0. The van der Waals surface area contributed by atoms with Crippen LogP contribution in [-0.2, 0) is 13.1 Å². The van der Waals surface area contributed by atoms with Crippen LogP contribution >= 0.6 is 0 Å². The smallest absolute Gasteiger partial charge is 0.261 e. The van der Waals surface area contributed by atoms with E-state index in [0.29, 0.717) is 22.6 Å². The lowest BCUT2D eigenvalue weighted by atomic mass is 9.91. The molecule has 0 bridgehead atoms. The summed E-state index contributed by atoms with van der Waals surface area (Å²) in [6.07, 6.45) is 1.94. The number of likely N-dealkylation sites (tertiary alicyclic amines) is 1. The van der Waals surface area contributed by atoms with Crippen LogP contribution in [0.1, 0.15) is 56.3 Å². The Morgan fingerprint density at radius 2 is 1.49 bits per heavy atom. The van der Waals surface area contributed by atoms with Crippen LogP contribution in [0.4, 0.5) is 4.39 Å². The first-order chi connectivity index (χ1) is 17.1. The highest BCUT2D eigenvalue weighted by Crippen LogP contribution is 2.33. The van der Waals surface area contributed by atoms with Crippen LogP contribution in [0.3, 0.4) is 0 Å². The Kier molecular flexibility index (Phi) is 5.41. The first kappa shape index (κ1) is 21.7. The highest BCUT2D eigenvalue weighted by Gasteiger charge is 2.35. The number of piperidine rings is 1. The molecule has 176 valence electrons. The van der Waals surface area contributed by atoms with E-state index in [9.17, 15) is 14.0 Å². The minimum atomic E-state index is -0.315. The van der Waals surface area contributed by atoms with Crippen molar-refractivity contribution in [3.8, 4) is 0 Å². The summed E-state index contributed by atoms with van der Waals surface area (Å²) in [6, 6.07) is 19.7. The molecule has 7 heteroatoms. The lowest BCUT2D eigenvalue weighted by Gasteiger charge is -2.31. The number of fused-ring (bicyclic) bond motifs is 2. The molecule has 3 aromatic carbocycles. The van der Waals surface area contributed by atoms with E-state index in [2.05, 4.69) is 22.2 Å². The van der Waals surface area contributed by atoms with Gasteiger partial charge in [-0.05, 0) is 61.3 Å². The summed E-state index contributed by atoms with van der Waals surface area (Å²) in [5, 5.41) is 5.13. The SMILES string of the molecule is O=C1c2ccccc2C(=O)N1Cc1ccc(CN2CCC(c3noc4cc(F)ccc34)CC2)cc1. The van der Waals surface area contributed by atoms with Crippen LogP contribution in [0.2, 0.25) is 0 Å². The maximum atomic E-state index is 13.4. The molecule has 2 aliphatic rings. The van der Waals surface area contributed by atoms with Crippen molar-refractivity contribution >= 4 is 22.8 Å². The fourth-order valence-electron chi connectivity index (χ4n) is 5.16. The fraction of sp³-hybridized carbons (Fsp3) is 0.250. The van der Waals surface area contributed by atoms with Crippen molar-refractivity contribution in [2.24, 2.45) is 0 Å². The number of hydrogen-bond acceptors (Lipinski definition) is 5. The van der Waals surface area contributed by atoms with Gasteiger partial charge in [-0.25, -0.2) is 4.39 Å². The van der Waals surface area contributed by atoms with Crippen LogP contribution in [0.25, 0.3) is 11.0 Å². The summed E-state index contributed by atoms with van der Waals surface area (Å²) in [4.78, 5) is 28.9. The van der Waals surface area contributed by atoms with Crippen molar-refractivity contribution in [1.29, 1.82) is 0 Å². The standard InChI is InChI=1S/C28H24FN3O3/c29-21-9-10-24-25(15-21)35-30-26(24)20-11-13-31(14-12-20)16-18-5-7-19(8-6-18)17-32-27(33)22-3-1-2-4-23(22)28(32)34/h1-10,15,20H,11-14,16-17H2. The van der Waals surface area contributed by atoms with E-state index in [-0.39, 0.29) is 24.2 Å². The third-order valence-corrected chi connectivity index (χ3v) is 7.08. The number of hydrogen-bond donors (Lipinski definition) is 0. The van der Waals surface area contributed by atoms with Gasteiger partial charge in [0, 0.05) is 23.9 Å². The number of rotatable bonds is 5. The lowest BCUT2D eigenvalue weighted by Crippen LogP contribution is -2.32. The van der Waals surface area contributed by atoms with Gasteiger partial charge in [0.25, 0.3) is 11.8 Å². The second-order valence-electron chi connectivity index (χ2n) is 9.32. The van der Waals surface area contributed by atoms with Crippen LogP contribution in [0, 0.1) is 5.82 Å². The lowest BCUT2D eigenvalue weighted by molar-refractivity contribution is 0.0642. The highest BCUT2D eigenvalue weighted by atomic mass is 19.1.